The number of ether oxygens (including phenoxy) is 2. The molecule has 9 fully saturated rings. The van der Waals surface area contributed by atoms with Gasteiger partial charge in [-0.15, -0.1) is 0 Å². The van der Waals surface area contributed by atoms with Crippen LogP contribution in [0.25, 0.3) is 0 Å². The molecule has 0 spiro atoms. The molecule has 9 heteroatoms. The van der Waals surface area contributed by atoms with Crippen LogP contribution < -0.4 is 16.0 Å². The molecule has 9 rings (SSSR count). The van der Waals surface area contributed by atoms with Crippen molar-refractivity contribution in [2.75, 3.05) is 53.1 Å². The zero-order valence-corrected chi connectivity index (χ0v) is 44.6. The average molecular weight is 947 g/mol. The highest BCUT2D eigenvalue weighted by molar-refractivity contribution is 5.69. The van der Waals surface area contributed by atoms with Crippen molar-refractivity contribution in [3.63, 3.8) is 0 Å². The molecule has 19 atom stereocenters. The predicted molar refractivity (Wildman–Crippen MR) is 273 cm³/mol. The molecule has 4 N–H and O–H groups in total. The molecule has 0 amide bonds. The second-order valence-electron chi connectivity index (χ2n) is 26.9. The number of carbonyl (C=O) groups excluding carboxylic acids is 2. The number of hydrogen-bond acceptors (Lipinski definition) is 9. The van der Waals surface area contributed by atoms with E-state index in [4.69, 9.17) is 9.47 Å². The standard InChI is InChI=1S/C59H102N4O5/c1-39(11-19-53(65)67-7)47-16-18-50-55-51(24-28-59(47,50)6)57(4)26-22-44(36-42(57)37-52(55)64)61-30-29-60-38-68-54(66)20-12-40(2)46-15-17-48-45-14-13-41-35-43(62-31-34-63-32-9-8-10-33-63)21-25-56(41,3)49(45)23-27-58(46,48)5/h39-52,55,60-62,64H,8-38H2,1-7H3/t39-,40-,41+,42-,43+,44-,45?,46-,47-,48?,49?,50?,51?,52-,55?,56+,57+,58-,59-/m1/s1. The van der Waals surface area contributed by atoms with E-state index in [1.54, 1.807) is 0 Å². The summed E-state index contributed by atoms with van der Waals surface area (Å²) < 4.78 is 10.7. The SMILES string of the molecule is COC(=O)CC[C@@H](C)[C@H]1CCC2C3C(CC[C@@]21C)[C@@]1(C)CC[C@@H](NCCNCOC(=O)CC[C@@H](C)[C@H]2CCC4C5CC[C@H]6C[C@@H](NCCN7CCCCC7)CC[C@]6(C)C5CC[C@@]42C)C[C@@H]1C[C@H]3O. The third kappa shape index (κ3) is 10.2. The Kier molecular flexibility index (Phi) is 16.5. The van der Waals surface area contributed by atoms with E-state index in [1.807, 2.05) is 0 Å². The lowest BCUT2D eigenvalue weighted by atomic mass is 9.43. The van der Waals surface area contributed by atoms with Gasteiger partial charge in [0.1, 0.15) is 6.73 Å². The number of hydrogen-bond donors (Lipinski definition) is 4. The topological polar surface area (TPSA) is 112 Å². The quantitative estimate of drug-likeness (QED) is 0.0606. The molecule has 388 valence electrons. The molecule has 1 saturated heterocycles. The normalized spacial score (nSPS) is 45.4. The first-order valence-electron chi connectivity index (χ1n) is 29.5. The molecule has 8 saturated carbocycles. The van der Waals surface area contributed by atoms with Crippen LogP contribution in [0, 0.1) is 92.7 Å². The lowest BCUT2D eigenvalue weighted by molar-refractivity contribution is -0.167. The van der Waals surface area contributed by atoms with Gasteiger partial charge in [0.2, 0.25) is 0 Å². The lowest BCUT2D eigenvalue weighted by Crippen LogP contribution is -2.59. The van der Waals surface area contributed by atoms with Gasteiger partial charge in [-0.3, -0.25) is 14.9 Å². The van der Waals surface area contributed by atoms with E-state index >= 15 is 0 Å². The van der Waals surface area contributed by atoms with E-state index < -0.39 is 0 Å². The summed E-state index contributed by atoms with van der Waals surface area (Å²) in [7, 11) is 1.50. The van der Waals surface area contributed by atoms with Crippen LogP contribution in [0.15, 0.2) is 0 Å². The Balaban J connectivity index is 0.657. The van der Waals surface area contributed by atoms with E-state index in [2.05, 4.69) is 62.4 Å². The number of fused-ring (bicyclic) bond motifs is 10. The van der Waals surface area contributed by atoms with Crippen molar-refractivity contribution >= 4 is 11.9 Å². The number of piperidine rings is 1. The minimum Gasteiger partial charge on any atom is -0.469 e. The van der Waals surface area contributed by atoms with Crippen molar-refractivity contribution < 1.29 is 24.2 Å². The number of aliphatic hydroxyl groups excluding tert-OH is 1. The fraction of sp³-hybridized carbons (Fsp3) is 0.966. The van der Waals surface area contributed by atoms with E-state index in [-0.39, 0.29) is 23.5 Å². The largest absolute Gasteiger partial charge is 0.469 e. The summed E-state index contributed by atoms with van der Waals surface area (Å²) in [6, 6.07) is 1.21. The summed E-state index contributed by atoms with van der Waals surface area (Å²) in [5, 5.41) is 23.2. The van der Waals surface area contributed by atoms with E-state index in [9.17, 15) is 14.7 Å². The van der Waals surface area contributed by atoms with Crippen molar-refractivity contribution in [2.45, 2.75) is 214 Å². The molecule has 0 radical (unpaired) electrons. The van der Waals surface area contributed by atoms with Crippen molar-refractivity contribution in [1.82, 2.24) is 20.9 Å². The number of methoxy groups -OCH3 is 1. The van der Waals surface area contributed by atoms with Crippen LogP contribution in [0.3, 0.4) is 0 Å². The van der Waals surface area contributed by atoms with Gasteiger partial charge in [-0.1, -0.05) is 48.0 Å². The molecule has 9 aliphatic rings. The summed E-state index contributed by atoms with van der Waals surface area (Å²) in [6.45, 7) is 22.3. The maximum Gasteiger partial charge on any atom is 0.307 e. The van der Waals surface area contributed by atoms with Crippen LogP contribution in [0.2, 0.25) is 0 Å². The molecule has 0 aromatic heterocycles. The van der Waals surface area contributed by atoms with Gasteiger partial charge in [0, 0.05) is 51.1 Å². The zero-order chi connectivity index (χ0) is 47.8. The summed E-state index contributed by atoms with van der Waals surface area (Å²) in [5.74, 6) is 8.04. The van der Waals surface area contributed by atoms with Gasteiger partial charge < -0.3 is 30.1 Å². The Morgan fingerprint density at radius 1 is 0.618 bits per heavy atom. The van der Waals surface area contributed by atoms with E-state index in [0.29, 0.717) is 83.3 Å². The van der Waals surface area contributed by atoms with Gasteiger partial charge in [0.25, 0.3) is 0 Å². The molecule has 1 aliphatic heterocycles. The summed E-state index contributed by atoms with van der Waals surface area (Å²) in [4.78, 5) is 27.7. The average Bonchev–Trinajstić information content (AvgIpc) is 3.88. The first-order valence-corrected chi connectivity index (χ1v) is 29.5. The number of esters is 2. The van der Waals surface area contributed by atoms with Crippen LogP contribution in [0.5, 0.6) is 0 Å². The summed E-state index contributed by atoms with van der Waals surface area (Å²) in [5.41, 5.74) is 1.53. The highest BCUT2D eigenvalue weighted by atomic mass is 16.5. The Bertz CT molecular complexity index is 1690. The Morgan fingerprint density at radius 3 is 1.87 bits per heavy atom. The van der Waals surface area contributed by atoms with Gasteiger partial charge in [-0.2, -0.15) is 0 Å². The number of nitrogens with one attached hydrogen (secondary N) is 3. The monoisotopic (exact) mass is 947 g/mol. The van der Waals surface area contributed by atoms with Gasteiger partial charge in [0.15, 0.2) is 0 Å². The number of likely N-dealkylation sites (tertiary alicyclic amines) is 1. The molecule has 9 nitrogen and oxygen atoms in total. The van der Waals surface area contributed by atoms with Crippen LogP contribution >= 0.6 is 0 Å². The van der Waals surface area contributed by atoms with E-state index in [0.717, 1.165) is 74.4 Å². The first kappa shape index (κ1) is 51.6. The van der Waals surface area contributed by atoms with E-state index in [1.165, 1.54) is 149 Å². The van der Waals surface area contributed by atoms with Gasteiger partial charge in [-0.05, 0) is 241 Å². The van der Waals surface area contributed by atoms with Crippen molar-refractivity contribution in [3.05, 3.63) is 0 Å². The molecule has 0 aromatic carbocycles. The van der Waals surface area contributed by atoms with Gasteiger partial charge in [-0.25, -0.2) is 0 Å². The van der Waals surface area contributed by atoms with Gasteiger partial charge in [0.05, 0.1) is 13.2 Å². The molecule has 6 unspecified atom stereocenters. The smallest absolute Gasteiger partial charge is 0.307 e. The maximum atomic E-state index is 13.1. The molecular weight excluding hydrogens is 845 g/mol. The third-order valence-electron chi connectivity index (χ3n) is 24.1. The fourth-order valence-corrected chi connectivity index (χ4v) is 20.2. The molecule has 1 heterocycles. The molecule has 0 bridgehead atoms. The van der Waals surface area contributed by atoms with Crippen LogP contribution in [0.1, 0.15) is 196 Å². The number of rotatable bonds is 18. The number of carbonyl (C=O) groups is 2. The van der Waals surface area contributed by atoms with Crippen LogP contribution in [-0.2, 0) is 19.1 Å². The molecule has 8 aliphatic carbocycles. The molecule has 0 aromatic rings. The summed E-state index contributed by atoms with van der Waals surface area (Å²) >= 11 is 0. The zero-order valence-electron chi connectivity index (χ0n) is 44.6. The summed E-state index contributed by atoms with van der Waals surface area (Å²) in [6.07, 6.45) is 29.1. The Labute approximate surface area is 415 Å². The minimum absolute atomic E-state index is 0.0477. The Morgan fingerprint density at radius 2 is 1.18 bits per heavy atom. The lowest BCUT2D eigenvalue weighted by Gasteiger charge is -2.62. The minimum atomic E-state index is -0.205. The maximum absolute atomic E-state index is 13.1. The fourth-order valence-electron chi connectivity index (χ4n) is 20.2. The molecular formula is C59H102N4O5. The number of aliphatic hydroxyl groups is 1. The predicted octanol–water partition coefficient (Wildman–Crippen LogP) is 10.8. The Hall–Kier alpha value is -1.26. The van der Waals surface area contributed by atoms with Gasteiger partial charge >= 0.3 is 11.9 Å². The van der Waals surface area contributed by atoms with Crippen molar-refractivity contribution in [1.29, 1.82) is 0 Å². The second kappa shape index (κ2) is 21.7. The highest BCUT2D eigenvalue weighted by Crippen LogP contribution is 2.70. The number of nitrogens with zero attached hydrogens (tertiary/aromatic N) is 1. The second-order valence-corrected chi connectivity index (χ2v) is 26.9. The van der Waals surface area contributed by atoms with Crippen molar-refractivity contribution in [2.24, 2.45) is 92.7 Å². The van der Waals surface area contributed by atoms with Crippen LogP contribution in [-0.4, -0.2) is 93.2 Å². The van der Waals surface area contributed by atoms with Crippen LogP contribution in [0.4, 0.5) is 0 Å². The van der Waals surface area contributed by atoms with Crippen molar-refractivity contribution in [3.8, 4) is 0 Å². The first-order chi connectivity index (χ1) is 32.7. The highest BCUT2D eigenvalue weighted by Gasteiger charge is 2.64. The molecule has 68 heavy (non-hydrogen) atoms. The third-order valence-corrected chi connectivity index (χ3v) is 24.1.